The molecule has 56 heavy (non-hydrogen) atoms. The molecule has 0 fully saturated rings. The van der Waals surface area contributed by atoms with Gasteiger partial charge in [-0.25, -0.2) is 19.9 Å². The Morgan fingerprint density at radius 1 is 0.446 bits per heavy atom. The van der Waals surface area contributed by atoms with Crippen molar-refractivity contribution in [2.75, 3.05) is 4.90 Å². The second-order valence-electron chi connectivity index (χ2n) is 14.2. The average Bonchev–Trinajstić information content (AvgIpc) is 3.27. The number of allylic oxidation sites excluding steroid dienone is 4. The van der Waals surface area contributed by atoms with Crippen LogP contribution in [-0.4, -0.2) is 20.8 Å². The Kier molecular flexibility index (Phi) is 8.65. The van der Waals surface area contributed by atoms with Gasteiger partial charge in [0.2, 0.25) is 0 Å². The zero-order valence-electron chi connectivity index (χ0n) is 30.7. The summed E-state index contributed by atoms with van der Waals surface area (Å²) in [6.45, 7) is 0. The predicted molar refractivity (Wildman–Crippen MR) is 230 cm³/mol. The first-order chi connectivity index (χ1) is 27.7. The van der Waals surface area contributed by atoms with Gasteiger partial charge in [-0.15, -0.1) is 0 Å². The normalized spacial score (nSPS) is 14.9. The van der Waals surface area contributed by atoms with E-state index in [-0.39, 0.29) is 6.17 Å². The molecule has 1 atom stereocenters. The zero-order valence-corrected chi connectivity index (χ0v) is 30.7. The summed E-state index contributed by atoms with van der Waals surface area (Å²) in [5, 5.41) is 2.40. The standard InChI is InChI=1S/C51H37N5/c1-5-13-38(14-6-1)47-52-48(39-15-7-2-8-16-39)54-49(53-47)40-27-21-35(22-28-40)43-31-25-37-26-32-44(34-45(37)33-43)36-23-29-42(30-24-36)51-55-50(41-17-9-3-10-18-41)56(51)46-19-11-4-12-20-46/h1-7,9-15,17-34,50H,8,16H2. The molecule has 0 N–H and O–H groups in total. The molecule has 0 bridgehead atoms. The van der Waals surface area contributed by atoms with Gasteiger partial charge in [0.05, 0.1) is 0 Å². The van der Waals surface area contributed by atoms with E-state index in [0.717, 1.165) is 63.6 Å². The predicted octanol–water partition coefficient (Wildman–Crippen LogP) is 12.4. The van der Waals surface area contributed by atoms with Gasteiger partial charge < -0.3 is 0 Å². The van der Waals surface area contributed by atoms with Gasteiger partial charge in [-0.3, -0.25) is 4.90 Å². The van der Waals surface area contributed by atoms with Crippen molar-refractivity contribution in [2.24, 2.45) is 4.99 Å². The number of benzene rings is 7. The van der Waals surface area contributed by atoms with Crippen molar-refractivity contribution in [3.8, 4) is 45.0 Å². The summed E-state index contributed by atoms with van der Waals surface area (Å²) in [5.74, 6) is 3.09. The number of aromatic nitrogens is 3. The molecule has 8 aromatic rings. The molecule has 1 aliphatic carbocycles. The van der Waals surface area contributed by atoms with Crippen molar-refractivity contribution in [3.05, 3.63) is 211 Å². The molecule has 7 aromatic carbocycles. The van der Waals surface area contributed by atoms with Crippen molar-refractivity contribution in [1.29, 1.82) is 0 Å². The number of nitrogens with zero attached hydrogens (tertiary/aromatic N) is 5. The van der Waals surface area contributed by atoms with Crippen molar-refractivity contribution >= 4 is 27.9 Å². The monoisotopic (exact) mass is 719 g/mol. The molecule has 0 saturated carbocycles. The van der Waals surface area contributed by atoms with Gasteiger partial charge in [-0.1, -0.05) is 170 Å². The molecular formula is C51H37N5. The van der Waals surface area contributed by atoms with Gasteiger partial charge in [-0.2, -0.15) is 0 Å². The van der Waals surface area contributed by atoms with Gasteiger partial charge in [-0.05, 0) is 81.3 Å². The van der Waals surface area contributed by atoms with Crippen LogP contribution in [0.2, 0.25) is 0 Å². The first kappa shape index (κ1) is 33.3. The third-order valence-corrected chi connectivity index (χ3v) is 10.6. The van der Waals surface area contributed by atoms with Gasteiger partial charge >= 0.3 is 0 Å². The molecule has 266 valence electrons. The molecule has 5 nitrogen and oxygen atoms in total. The number of amidine groups is 1. The molecule has 0 spiro atoms. The largest absolute Gasteiger partial charge is 0.299 e. The van der Waals surface area contributed by atoms with Crippen molar-refractivity contribution < 1.29 is 0 Å². The van der Waals surface area contributed by atoms with E-state index in [1.165, 1.54) is 27.5 Å². The molecule has 1 unspecified atom stereocenters. The first-order valence-corrected chi connectivity index (χ1v) is 19.1. The van der Waals surface area contributed by atoms with Crippen LogP contribution in [0, 0.1) is 0 Å². The molecule has 0 radical (unpaired) electrons. The van der Waals surface area contributed by atoms with E-state index in [1.807, 2.05) is 36.4 Å². The van der Waals surface area contributed by atoms with Crippen molar-refractivity contribution in [1.82, 2.24) is 15.0 Å². The molecule has 0 amide bonds. The van der Waals surface area contributed by atoms with Crippen molar-refractivity contribution in [3.63, 3.8) is 0 Å². The minimum absolute atomic E-state index is 0.0366. The Balaban J connectivity index is 0.922. The van der Waals surface area contributed by atoms with Crippen LogP contribution in [-0.2, 0) is 0 Å². The molecule has 2 aliphatic rings. The van der Waals surface area contributed by atoms with E-state index in [1.54, 1.807) is 0 Å². The lowest BCUT2D eigenvalue weighted by Crippen LogP contribution is -2.43. The number of hydrogen-bond acceptors (Lipinski definition) is 5. The number of anilines is 1. The van der Waals surface area contributed by atoms with Crippen LogP contribution in [0.25, 0.3) is 61.4 Å². The Bertz CT molecular complexity index is 2770. The summed E-state index contributed by atoms with van der Waals surface area (Å²) < 4.78 is 0. The summed E-state index contributed by atoms with van der Waals surface area (Å²) in [7, 11) is 0. The zero-order chi connectivity index (χ0) is 37.3. The number of para-hydroxylation sites is 1. The third-order valence-electron chi connectivity index (χ3n) is 10.6. The fraction of sp³-hybridized carbons (Fsp3) is 0.0588. The highest BCUT2D eigenvalue weighted by atomic mass is 15.4. The van der Waals surface area contributed by atoms with Crippen LogP contribution >= 0.6 is 0 Å². The van der Waals surface area contributed by atoms with Crippen molar-refractivity contribution in [2.45, 2.75) is 19.0 Å². The smallest absolute Gasteiger partial charge is 0.164 e. The molecule has 5 heteroatoms. The van der Waals surface area contributed by atoms with Crippen LogP contribution in [0.3, 0.4) is 0 Å². The maximum absolute atomic E-state index is 5.09. The lowest BCUT2D eigenvalue weighted by Gasteiger charge is -2.40. The van der Waals surface area contributed by atoms with E-state index in [0.29, 0.717) is 11.6 Å². The van der Waals surface area contributed by atoms with E-state index < -0.39 is 0 Å². The molecular weight excluding hydrogens is 683 g/mol. The molecule has 0 saturated heterocycles. The molecule has 1 aromatic heterocycles. The fourth-order valence-corrected chi connectivity index (χ4v) is 7.59. The quantitative estimate of drug-likeness (QED) is 0.157. The average molecular weight is 720 g/mol. The van der Waals surface area contributed by atoms with E-state index >= 15 is 0 Å². The molecule has 1 aliphatic heterocycles. The third kappa shape index (κ3) is 6.50. The summed E-state index contributed by atoms with van der Waals surface area (Å²) in [5.41, 5.74) is 11.1. The number of fused-ring (bicyclic) bond motifs is 1. The summed E-state index contributed by atoms with van der Waals surface area (Å²) in [6, 6.07) is 61.9. The van der Waals surface area contributed by atoms with Gasteiger partial charge in [0.25, 0.3) is 0 Å². The fourth-order valence-electron chi connectivity index (χ4n) is 7.59. The van der Waals surface area contributed by atoms with E-state index in [9.17, 15) is 0 Å². The lowest BCUT2D eigenvalue weighted by atomic mass is 9.96. The van der Waals surface area contributed by atoms with Crippen LogP contribution in [0.4, 0.5) is 5.69 Å². The van der Waals surface area contributed by atoms with Gasteiger partial charge in [0.15, 0.2) is 23.6 Å². The Hall–Kier alpha value is -7.24. The Morgan fingerprint density at radius 2 is 0.964 bits per heavy atom. The second kappa shape index (κ2) is 14.5. The number of rotatable bonds is 8. The Morgan fingerprint density at radius 3 is 1.57 bits per heavy atom. The minimum atomic E-state index is -0.0366. The van der Waals surface area contributed by atoms with E-state index in [2.05, 4.69) is 163 Å². The summed E-state index contributed by atoms with van der Waals surface area (Å²) in [6.07, 6.45) is 8.26. The second-order valence-corrected chi connectivity index (χ2v) is 14.2. The lowest BCUT2D eigenvalue weighted by molar-refractivity contribution is 0.690. The van der Waals surface area contributed by atoms with Gasteiger partial charge in [0, 0.05) is 22.4 Å². The molecule has 2 heterocycles. The summed E-state index contributed by atoms with van der Waals surface area (Å²) >= 11 is 0. The highest BCUT2D eigenvalue weighted by molar-refractivity contribution is 6.14. The highest BCUT2D eigenvalue weighted by Crippen LogP contribution is 2.38. The Labute approximate surface area is 326 Å². The van der Waals surface area contributed by atoms with Crippen LogP contribution < -0.4 is 4.90 Å². The van der Waals surface area contributed by atoms with Crippen LogP contribution in [0.5, 0.6) is 0 Å². The van der Waals surface area contributed by atoms with Gasteiger partial charge in [0.1, 0.15) is 5.84 Å². The number of hydrogen-bond donors (Lipinski definition) is 0. The van der Waals surface area contributed by atoms with Crippen LogP contribution in [0.1, 0.15) is 36.0 Å². The SMILES string of the molecule is C1=CCCC(c2nc(-c3ccccc3)nc(-c3ccc(-c4ccc5ccc(-c6ccc(C7=NC(c8ccccc8)N7c7ccccc7)cc6)cc5c4)cc3)n2)=C1. The highest BCUT2D eigenvalue weighted by Gasteiger charge is 2.34. The van der Waals surface area contributed by atoms with Crippen LogP contribution in [0.15, 0.2) is 199 Å². The maximum atomic E-state index is 5.09. The number of aliphatic imine (C=N–C) groups is 1. The first-order valence-electron chi connectivity index (χ1n) is 19.1. The summed E-state index contributed by atoms with van der Waals surface area (Å²) in [4.78, 5) is 22.2. The molecule has 10 rings (SSSR count). The minimum Gasteiger partial charge on any atom is -0.299 e. The maximum Gasteiger partial charge on any atom is 0.164 e. The topological polar surface area (TPSA) is 54.3 Å². The van der Waals surface area contributed by atoms with E-state index in [4.69, 9.17) is 19.9 Å².